The minimum Gasteiger partial charge on any atom is -0.253 e. The molecule has 1 nitrogen and oxygen atoms in total. The summed E-state index contributed by atoms with van der Waals surface area (Å²) in [4.78, 5) is 3.68. The van der Waals surface area contributed by atoms with Crippen molar-refractivity contribution in [3.8, 4) is 0 Å². The molecule has 16 heavy (non-hydrogen) atoms. The van der Waals surface area contributed by atoms with Crippen molar-refractivity contribution in [1.29, 1.82) is 0 Å². The number of aromatic nitrogens is 1. The molecule has 1 aromatic heterocycles. The molecule has 0 bridgehead atoms. The SMILES string of the molecule is Cc1cnc2c(F)c(C(F)(F)F)ccc2c1. The minimum absolute atomic E-state index is 0.250. The van der Waals surface area contributed by atoms with E-state index in [1.165, 1.54) is 12.3 Å². The maximum Gasteiger partial charge on any atom is 0.419 e. The predicted molar refractivity (Wildman–Crippen MR) is 51.4 cm³/mol. The summed E-state index contributed by atoms with van der Waals surface area (Å²) in [5.74, 6) is -1.31. The van der Waals surface area contributed by atoms with Crippen LogP contribution in [0.25, 0.3) is 10.9 Å². The van der Waals surface area contributed by atoms with Crippen molar-refractivity contribution >= 4 is 10.9 Å². The summed E-state index contributed by atoms with van der Waals surface area (Å²) in [6, 6.07) is 3.55. The van der Waals surface area contributed by atoms with E-state index in [1.54, 1.807) is 13.0 Å². The Kier molecular flexibility index (Phi) is 2.33. The maximum absolute atomic E-state index is 13.5. The molecule has 0 saturated heterocycles. The van der Waals surface area contributed by atoms with Crippen molar-refractivity contribution in [3.05, 3.63) is 41.3 Å². The first kappa shape index (κ1) is 10.9. The second-order valence-electron chi connectivity index (χ2n) is 3.51. The molecule has 5 heteroatoms. The average molecular weight is 229 g/mol. The molecule has 0 amide bonds. The van der Waals surface area contributed by atoms with Crippen molar-refractivity contribution in [1.82, 2.24) is 4.98 Å². The largest absolute Gasteiger partial charge is 0.419 e. The van der Waals surface area contributed by atoms with Crippen molar-refractivity contribution in [2.24, 2.45) is 0 Å². The fraction of sp³-hybridized carbons (Fsp3) is 0.182. The van der Waals surface area contributed by atoms with E-state index in [1.807, 2.05) is 0 Å². The lowest BCUT2D eigenvalue weighted by Gasteiger charge is -2.09. The summed E-state index contributed by atoms with van der Waals surface area (Å²) < 4.78 is 50.7. The van der Waals surface area contributed by atoms with E-state index in [0.29, 0.717) is 5.39 Å². The van der Waals surface area contributed by atoms with Crippen LogP contribution in [-0.2, 0) is 6.18 Å². The van der Waals surface area contributed by atoms with Crippen LogP contribution in [0.15, 0.2) is 24.4 Å². The normalized spacial score (nSPS) is 12.1. The molecule has 2 rings (SSSR count). The second-order valence-corrected chi connectivity index (χ2v) is 3.51. The molecule has 0 N–H and O–H groups in total. The lowest BCUT2D eigenvalue weighted by molar-refractivity contribution is -0.139. The Morgan fingerprint density at radius 2 is 1.88 bits per heavy atom. The van der Waals surface area contributed by atoms with E-state index >= 15 is 0 Å². The third-order valence-electron chi connectivity index (χ3n) is 2.23. The maximum atomic E-state index is 13.5. The number of halogens is 4. The molecule has 0 radical (unpaired) electrons. The molecule has 84 valence electrons. The fourth-order valence-corrected chi connectivity index (χ4v) is 1.50. The molecule has 2 aromatic rings. The van der Waals surface area contributed by atoms with Gasteiger partial charge in [0.1, 0.15) is 5.52 Å². The number of rotatable bonds is 0. The Balaban J connectivity index is 2.75. The molecule has 0 atom stereocenters. The first-order valence-corrected chi connectivity index (χ1v) is 4.51. The molecular weight excluding hydrogens is 222 g/mol. The first-order chi connectivity index (χ1) is 7.39. The Bertz CT molecular complexity index is 545. The van der Waals surface area contributed by atoms with Crippen molar-refractivity contribution < 1.29 is 17.6 Å². The zero-order valence-electron chi connectivity index (χ0n) is 8.27. The van der Waals surface area contributed by atoms with Gasteiger partial charge in [-0.3, -0.25) is 4.98 Å². The third-order valence-corrected chi connectivity index (χ3v) is 2.23. The second kappa shape index (κ2) is 3.43. The van der Waals surface area contributed by atoms with Gasteiger partial charge in [0.25, 0.3) is 0 Å². The summed E-state index contributed by atoms with van der Waals surface area (Å²) >= 11 is 0. The van der Waals surface area contributed by atoms with Gasteiger partial charge in [0.15, 0.2) is 5.82 Å². The highest BCUT2D eigenvalue weighted by Gasteiger charge is 2.34. The van der Waals surface area contributed by atoms with Crippen molar-refractivity contribution in [2.75, 3.05) is 0 Å². The van der Waals surface area contributed by atoms with Crippen LogP contribution in [0.2, 0.25) is 0 Å². The molecule has 1 aromatic carbocycles. The Hall–Kier alpha value is -1.65. The van der Waals surface area contributed by atoms with Crippen LogP contribution in [0.3, 0.4) is 0 Å². The minimum atomic E-state index is -4.69. The summed E-state index contributed by atoms with van der Waals surface area (Å²) in [7, 11) is 0. The monoisotopic (exact) mass is 229 g/mol. The molecule has 1 heterocycles. The highest BCUT2D eigenvalue weighted by atomic mass is 19.4. The number of nitrogens with zero attached hydrogens (tertiary/aromatic N) is 1. The van der Waals surface area contributed by atoms with Crippen molar-refractivity contribution in [3.63, 3.8) is 0 Å². The Morgan fingerprint density at radius 3 is 2.50 bits per heavy atom. The molecule has 0 aliphatic rings. The summed E-state index contributed by atoms with van der Waals surface area (Å²) in [5.41, 5.74) is -0.761. The van der Waals surface area contributed by atoms with Gasteiger partial charge in [0.05, 0.1) is 5.56 Å². The van der Waals surface area contributed by atoms with E-state index in [-0.39, 0.29) is 5.52 Å². The smallest absolute Gasteiger partial charge is 0.253 e. The Morgan fingerprint density at radius 1 is 1.19 bits per heavy atom. The van der Waals surface area contributed by atoms with Crippen molar-refractivity contribution in [2.45, 2.75) is 13.1 Å². The quantitative estimate of drug-likeness (QED) is 0.627. The first-order valence-electron chi connectivity index (χ1n) is 4.51. The highest BCUT2D eigenvalue weighted by molar-refractivity contribution is 5.80. The summed E-state index contributed by atoms with van der Waals surface area (Å²) in [6.45, 7) is 1.74. The van der Waals surface area contributed by atoms with Crippen LogP contribution < -0.4 is 0 Å². The molecule has 0 unspecified atom stereocenters. The van der Waals surface area contributed by atoms with E-state index in [0.717, 1.165) is 11.6 Å². The predicted octanol–water partition coefficient (Wildman–Crippen LogP) is 3.70. The molecular formula is C11H7F4N. The van der Waals surface area contributed by atoms with E-state index in [4.69, 9.17) is 0 Å². The Labute approximate surface area is 88.7 Å². The molecule has 0 aliphatic heterocycles. The number of pyridine rings is 1. The van der Waals surface area contributed by atoms with Gasteiger partial charge in [-0.05, 0) is 24.6 Å². The van der Waals surface area contributed by atoms with Crippen LogP contribution in [0.1, 0.15) is 11.1 Å². The van der Waals surface area contributed by atoms with Gasteiger partial charge in [0.2, 0.25) is 0 Å². The van der Waals surface area contributed by atoms with Gasteiger partial charge >= 0.3 is 6.18 Å². The standard InChI is InChI=1S/C11H7F4N/c1-6-4-7-2-3-8(11(13,14)15)9(12)10(7)16-5-6/h2-5H,1H3. The molecule has 0 fully saturated rings. The lowest BCUT2D eigenvalue weighted by atomic mass is 10.1. The number of hydrogen-bond acceptors (Lipinski definition) is 1. The number of alkyl halides is 3. The zero-order chi connectivity index (χ0) is 11.9. The molecule has 0 aliphatic carbocycles. The highest BCUT2D eigenvalue weighted by Crippen LogP contribution is 2.33. The van der Waals surface area contributed by atoms with E-state index < -0.39 is 17.6 Å². The average Bonchev–Trinajstić information content (AvgIpc) is 2.15. The summed E-state index contributed by atoms with van der Waals surface area (Å²) in [6.07, 6.45) is -3.35. The van der Waals surface area contributed by atoms with Crippen LogP contribution in [0.5, 0.6) is 0 Å². The van der Waals surface area contributed by atoms with Gasteiger partial charge in [-0.1, -0.05) is 6.07 Å². The van der Waals surface area contributed by atoms with E-state index in [9.17, 15) is 17.6 Å². The summed E-state index contributed by atoms with van der Waals surface area (Å²) in [5, 5.41) is 0.366. The van der Waals surface area contributed by atoms with Crippen LogP contribution >= 0.6 is 0 Å². The fourth-order valence-electron chi connectivity index (χ4n) is 1.50. The van der Waals surface area contributed by atoms with Crippen LogP contribution in [0.4, 0.5) is 17.6 Å². The number of benzene rings is 1. The van der Waals surface area contributed by atoms with Gasteiger partial charge in [-0.15, -0.1) is 0 Å². The number of aryl methyl sites for hydroxylation is 1. The third kappa shape index (κ3) is 1.73. The van der Waals surface area contributed by atoms with Gasteiger partial charge in [-0.25, -0.2) is 4.39 Å². The lowest BCUT2D eigenvalue weighted by Crippen LogP contribution is -2.08. The molecule has 0 spiro atoms. The molecule has 0 saturated carbocycles. The number of hydrogen-bond donors (Lipinski definition) is 0. The van der Waals surface area contributed by atoms with Crippen LogP contribution in [-0.4, -0.2) is 4.98 Å². The van der Waals surface area contributed by atoms with Gasteiger partial charge in [-0.2, -0.15) is 13.2 Å². The zero-order valence-corrected chi connectivity index (χ0v) is 8.27. The van der Waals surface area contributed by atoms with Gasteiger partial charge in [0, 0.05) is 11.6 Å². The van der Waals surface area contributed by atoms with E-state index in [2.05, 4.69) is 4.98 Å². The van der Waals surface area contributed by atoms with Crippen LogP contribution in [0, 0.1) is 12.7 Å². The number of fused-ring (bicyclic) bond motifs is 1. The van der Waals surface area contributed by atoms with Gasteiger partial charge < -0.3 is 0 Å². The topological polar surface area (TPSA) is 12.9 Å².